The number of methoxy groups -OCH3 is 2. The summed E-state index contributed by atoms with van der Waals surface area (Å²) in [7, 11) is 2.47. The Morgan fingerprint density at radius 1 is 1.33 bits per heavy atom. The molecule has 5 nitrogen and oxygen atoms in total. The van der Waals surface area contributed by atoms with Gasteiger partial charge in [-0.3, -0.25) is 0 Å². The van der Waals surface area contributed by atoms with Crippen molar-refractivity contribution in [3.63, 3.8) is 0 Å². The molecule has 0 aromatic rings. The fourth-order valence-electron chi connectivity index (χ4n) is 1.59. The highest BCUT2D eigenvalue weighted by atomic mass is 16.6. The predicted octanol–water partition coefficient (Wildman–Crippen LogP) is 1.79. The van der Waals surface area contributed by atoms with Crippen LogP contribution in [0.15, 0.2) is 12.2 Å². The summed E-state index contributed by atoms with van der Waals surface area (Å²) in [6.45, 7) is 4.13. The number of imide groups is 1. The summed E-state index contributed by atoms with van der Waals surface area (Å²) in [4.78, 5) is 23.5. The fourth-order valence-corrected chi connectivity index (χ4v) is 1.59. The molecule has 0 heterocycles. The van der Waals surface area contributed by atoms with Crippen LogP contribution in [0.3, 0.4) is 0 Å². The van der Waals surface area contributed by atoms with E-state index in [0.29, 0.717) is 6.54 Å². The van der Waals surface area contributed by atoms with Crippen LogP contribution >= 0.6 is 0 Å². The highest BCUT2D eigenvalue weighted by Crippen LogP contribution is 2.32. The zero-order valence-electron chi connectivity index (χ0n) is 8.99. The van der Waals surface area contributed by atoms with Gasteiger partial charge in [0.2, 0.25) is 0 Å². The van der Waals surface area contributed by atoms with E-state index < -0.39 is 12.2 Å². The lowest BCUT2D eigenvalue weighted by atomic mass is 9.81. The summed E-state index contributed by atoms with van der Waals surface area (Å²) in [6, 6.07) is 0. The van der Waals surface area contributed by atoms with Crippen LogP contribution in [0.5, 0.6) is 0 Å². The van der Waals surface area contributed by atoms with E-state index in [1.54, 1.807) is 0 Å². The van der Waals surface area contributed by atoms with Gasteiger partial charge < -0.3 is 9.47 Å². The van der Waals surface area contributed by atoms with E-state index in [1.165, 1.54) is 14.2 Å². The van der Waals surface area contributed by atoms with E-state index in [9.17, 15) is 9.59 Å². The smallest absolute Gasteiger partial charge is 0.419 e. The van der Waals surface area contributed by atoms with Crippen LogP contribution < -0.4 is 0 Å². The third kappa shape index (κ3) is 2.71. The first-order valence-electron chi connectivity index (χ1n) is 4.68. The molecule has 1 aliphatic rings. The Morgan fingerprint density at radius 2 is 1.80 bits per heavy atom. The van der Waals surface area contributed by atoms with Crippen LogP contribution in [0, 0.1) is 5.92 Å². The van der Waals surface area contributed by atoms with Gasteiger partial charge in [0.25, 0.3) is 0 Å². The van der Waals surface area contributed by atoms with Crippen molar-refractivity contribution in [1.82, 2.24) is 4.90 Å². The zero-order chi connectivity index (χ0) is 11.4. The molecule has 0 bridgehead atoms. The number of rotatable bonds is 2. The first-order chi connectivity index (χ1) is 7.08. The van der Waals surface area contributed by atoms with Crippen LogP contribution in [0.1, 0.15) is 12.8 Å². The summed E-state index contributed by atoms with van der Waals surface area (Å²) >= 11 is 0. The standard InChI is InChI=1S/C10H15NO4/c1-7-4-8(5-7)6-11(9(12)14-2)10(13)15-3/h8H,1,4-6H2,2-3H3. The molecule has 0 aliphatic heterocycles. The molecule has 0 aromatic carbocycles. The molecule has 0 saturated heterocycles. The summed E-state index contributed by atoms with van der Waals surface area (Å²) in [5.74, 6) is 0.288. The molecule has 0 unspecified atom stereocenters. The Morgan fingerprint density at radius 3 is 2.13 bits per heavy atom. The maximum absolute atomic E-state index is 11.2. The van der Waals surface area contributed by atoms with Crippen molar-refractivity contribution in [2.24, 2.45) is 5.92 Å². The molecule has 1 saturated carbocycles. The first-order valence-corrected chi connectivity index (χ1v) is 4.68. The van der Waals surface area contributed by atoms with Gasteiger partial charge in [-0.1, -0.05) is 12.2 Å². The minimum absolute atomic E-state index is 0.288. The lowest BCUT2D eigenvalue weighted by Gasteiger charge is -2.31. The molecule has 0 N–H and O–H groups in total. The average Bonchev–Trinajstić information content (AvgIpc) is 2.20. The minimum atomic E-state index is -0.681. The molecule has 1 fully saturated rings. The Hall–Kier alpha value is -1.52. The topological polar surface area (TPSA) is 55.8 Å². The summed E-state index contributed by atoms with van der Waals surface area (Å²) in [5, 5.41) is 0. The second kappa shape index (κ2) is 4.82. The molecule has 0 radical (unpaired) electrons. The third-order valence-corrected chi connectivity index (χ3v) is 2.39. The molecule has 2 amide bonds. The van der Waals surface area contributed by atoms with Crippen molar-refractivity contribution in [3.05, 3.63) is 12.2 Å². The second-order valence-electron chi connectivity index (χ2n) is 3.57. The van der Waals surface area contributed by atoms with Crippen LogP contribution in [0.25, 0.3) is 0 Å². The monoisotopic (exact) mass is 213 g/mol. The summed E-state index contributed by atoms with van der Waals surface area (Å²) in [5.41, 5.74) is 1.15. The van der Waals surface area contributed by atoms with Crippen molar-refractivity contribution in [2.45, 2.75) is 12.8 Å². The number of nitrogens with zero attached hydrogens (tertiary/aromatic N) is 1. The Balaban J connectivity index is 2.53. The Labute approximate surface area is 88.6 Å². The van der Waals surface area contributed by atoms with Crippen molar-refractivity contribution in [1.29, 1.82) is 0 Å². The molecule has 15 heavy (non-hydrogen) atoms. The van der Waals surface area contributed by atoms with Crippen LogP contribution in [0.4, 0.5) is 9.59 Å². The average molecular weight is 213 g/mol. The first kappa shape index (κ1) is 11.6. The third-order valence-electron chi connectivity index (χ3n) is 2.39. The molecular weight excluding hydrogens is 198 g/mol. The zero-order valence-corrected chi connectivity index (χ0v) is 8.99. The maximum Gasteiger partial charge on any atom is 0.419 e. The van der Waals surface area contributed by atoms with Gasteiger partial charge in [-0.15, -0.1) is 0 Å². The van der Waals surface area contributed by atoms with E-state index in [1.807, 2.05) is 0 Å². The van der Waals surface area contributed by atoms with Crippen LogP contribution in [-0.4, -0.2) is 37.9 Å². The van der Waals surface area contributed by atoms with Crippen molar-refractivity contribution < 1.29 is 19.1 Å². The van der Waals surface area contributed by atoms with Crippen LogP contribution in [0.2, 0.25) is 0 Å². The molecule has 1 aliphatic carbocycles. The lowest BCUT2D eigenvalue weighted by molar-refractivity contribution is 0.0897. The molecular formula is C10H15NO4. The fraction of sp³-hybridized carbons (Fsp3) is 0.600. The van der Waals surface area contributed by atoms with Crippen molar-refractivity contribution in [2.75, 3.05) is 20.8 Å². The molecule has 5 heteroatoms. The molecule has 1 rings (SSSR count). The van der Waals surface area contributed by atoms with Crippen molar-refractivity contribution in [3.8, 4) is 0 Å². The van der Waals surface area contributed by atoms with Gasteiger partial charge in [0, 0.05) is 6.54 Å². The second-order valence-corrected chi connectivity index (χ2v) is 3.57. The Kier molecular flexibility index (Phi) is 3.71. The highest BCUT2D eigenvalue weighted by molar-refractivity contribution is 5.87. The van der Waals surface area contributed by atoms with E-state index >= 15 is 0 Å². The lowest BCUT2D eigenvalue weighted by Crippen LogP contribution is -2.42. The van der Waals surface area contributed by atoms with Gasteiger partial charge in [0.1, 0.15) is 0 Å². The number of ether oxygens (including phenoxy) is 2. The van der Waals surface area contributed by atoms with E-state index in [4.69, 9.17) is 0 Å². The molecule has 0 atom stereocenters. The molecule has 84 valence electrons. The molecule has 0 spiro atoms. The van der Waals surface area contributed by atoms with Gasteiger partial charge in [-0.2, -0.15) is 0 Å². The SMILES string of the molecule is C=C1CC(CN(C(=O)OC)C(=O)OC)C1. The van der Waals surface area contributed by atoms with E-state index in [-0.39, 0.29) is 5.92 Å². The Bertz CT molecular complexity index is 263. The molecule has 0 aromatic heterocycles. The van der Waals surface area contributed by atoms with E-state index in [2.05, 4.69) is 16.1 Å². The maximum atomic E-state index is 11.2. The summed E-state index contributed by atoms with van der Waals surface area (Å²) < 4.78 is 8.99. The highest BCUT2D eigenvalue weighted by Gasteiger charge is 2.30. The van der Waals surface area contributed by atoms with Crippen LogP contribution in [-0.2, 0) is 9.47 Å². The summed E-state index contributed by atoms with van der Waals surface area (Å²) in [6.07, 6.45) is 0.341. The number of carbonyl (C=O) groups is 2. The predicted molar refractivity (Wildman–Crippen MR) is 53.4 cm³/mol. The number of carbonyl (C=O) groups excluding carboxylic acids is 2. The van der Waals surface area contributed by atoms with Gasteiger partial charge in [-0.05, 0) is 18.8 Å². The number of allylic oxidation sites excluding steroid dienone is 1. The van der Waals surface area contributed by atoms with Crippen molar-refractivity contribution >= 4 is 12.2 Å². The normalized spacial score (nSPS) is 15.5. The largest absolute Gasteiger partial charge is 0.452 e. The number of hydrogen-bond acceptors (Lipinski definition) is 4. The van der Waals surface area contributed by atoms with Gasteiger partial charge in [0.05, 0.1) is 14.2 Å². The number of amides is 2. The van der Waals surface area contributed by atoms with Gasteiger partial charge >= 0.3 is 12.2 Å². The quantitative estimate of drug-likeness (QED) is 0.656. The van der Waals surface area contributed by atoms with Gasteiger partial charge in [-0.25, -0.2) is 14.5 Å². The number of hydrogen-bond donors (Lipinski definition) is 0. The minimum Gasteiger partial charge on any atom is -0.452 e. The van der Waals surface area contributed by atoms with E-state index in [0.717, 1.165) is 23.3 Å². The van der Waals surface area contributed by atoms with Gasteiger partial charge in [0.15, 0.2) is 0 Å².